The highest BCUT2D eigenvalue weighted by atomic mass is 35.5. The lowest BCUT2D eigenvalue weighted by Gasteiger charge is -2.19. The van der Waals surface area contributed by atoms with E-state index in [0.717, 1.165) is 35.7 Å². The zero-order valence-electron chi connectivity index (χ0n) is 12.5. The Hall–Kier alpha value is -1.38. The van der Waals surface area contributed by atoms with Crippen molar-refractivity contribution in [3.63, 3.8) is 0 Å². The van der Waals surface area contributed by atoms with E-state index in [4.69, 9.17) is 11.6 Å². The molecule has 2 rings (SSSR count). The Morgan fingerprint density at radius 2 is 2.00 bits per heavy atom. The third-order valence-electron chi connectivity index (χ3n) is 3.74. The van der Waals surface area contributed by atoms with Crippen molar-refractivity contribution in [3.8, 4) is 0 Å². The second kappa shape index (κ2) is 7.58. The molecule has 2 aromatic rings. The third kappa shape index (κ3) is 4.55. The normalized spacial score (nSPS) is 12.4. The van der Waals surface area contributed by atoms with Gasteiger partial charge in [-0.25, -0.2) is 4.39 Å². The maximum atomic E-state index is 13.5. The molecule has 2 aromatic carbocycles. The molecule has 112 valence electrons. The van der Waals surface area contributed by atoms with Gasteiger partial charge in [-0.3, -0.25) is 0 Å². The highest BCUT2D eigenvalue weighted by Gasteiger charge is 2.14. The van der Waals surface area contributed by atoms with Crippen LogP contribution >= 0.6 is 11.6 Å². The topological polar surface area (TPSA) is 12.0 Å². The van der Waals surface area contributed by atoms with Crippen LogP contribution in [-0.2, 0) is 6.42 Å². The van der Waals surface area contributed by atoms with Crippen LogP contribution in [0.5, 0.6) is 0 Å². The van der Waals surface area contributed by atoms with Crippen LogP contribution in [0.3, 0.4) is 0 Å². The molecule has 0 aromatic heterocycles. The fourth-order valence-corrected chi connectivity index (χ4v) is 2.71. The number of rotatable bonds is 6. The van der Waals surface area contributed by atoms with Crippen LogP contribution < -0.4 is 5.32 Å². The summed E-state index contributed by atoms with van der Waals surface area (Å²) in [6, 6.07) is 12.9. The quantitative estimate of drug-likeness (QED) is 0.814. The predicted molar refractivity (Wildman–Crippen MR) is 87.6 cm³/mol. The van der Waals surface area contributed by atoms with Crippen molar-refractivity contribution in [3.05, 3.63) is 70.0 Å². The third-order valence-corrected chi connectivity index (χ3v) is 3.97. The average Bonchev–Trinajstić information content (AvgIpc) is 2.47. The van der Waals surface area contributed by atoms with E-state index in [-0.39, 0.29) is 11.7 Å². The number of hydrogen-bond donors (Lipinski definition) is 1. The minimum Gasteiger partial charge on any atom is -0.316 e. The molecule has 1 N–H and O–H groups in total. The standard InChI is InChI=1S/C18H21ClFN/c1-3-21-12-16(14-5-4-6-17(19)10-14)9-15-11-18(20)8-7-13(15)2/h4-8,10-11,16,21H,3,9,12H2,1-2H3. The molecule has 0 saturated carbocycles. The minimum absolute atomic E-state index is 0.177. The van der Waals surface area contributed by atoms with Crippen molar-refractivity contribution in [2.45, 2.75) is 26.2 Å². The lowest BCUT2D eigenvalue weighted by molar-refractivity contribution is 0.587. The Morgan fingerprint density at radius 3 is 2.71 bits per heavy atom. The molecule has 1 nitrogen and oxygen atoms in total. The molecule has 0 aliphatic rings. The van der Waals surface area contributed by atoms with E-state index in [2.05, 4.69) is 18.3 Å². The van der Waals surface area contributed by atoms with Crippen LogP contribution in [-0.4, -0.2) is 13.1 Å². The van der Waals surface area contributed by atoms with E-state index < -0.39 is 0 Å². The van der Waals surface area contributed by atoms with Crippen LogP contribution in [0.4, 0.5) is 4.39 Å². The van der Waals surface area contributed by atoms with Crippen molar-refractivity contribution < 1.29 is 4.39 Å². The zero-order valence-corrected chi connectivity index (χ0v) is 13.3. The Labute approximate surface area is 131 Å². The molecule has 1 unspecified atom stereocenters. The Kier molecular flexibility index (Phi) is 5.77. The molecular weight excluding hydrogens is 285 g/mol. The molecule has 0 heterocycles. The summed E-state index contributed by atoms with van der Waals surface area (Å²) >= 11 is 6.10. The molecule has 0 amide bonds. The highest BCUT2D eigenvalue weighted by Crippen LogP contribution is 2.25. The van der Waals surface area contributed by atoms with Gasteiger partial charge in [0, 0.05) is 17.5 Å². The van der Waals surface area contributed by atoms with Crippen molar-refractivity contribution in [2.75, 3.05) is 13.1 Å². The summed E-state index contributed by atoms with van der Waals surface area (Å²) in [5.41, 5.74) is 3.37. The summed E-state index contributed by atoms with van der Waals surface area (Å²) < 4.78 is 13.5. The first kappa shape index (κ1) is 16.0. The van der Waals surface area contributed by atoms with Gasteiger partial charge in [0.1, 0.15) is 5.82 Å². The van der Waals surface area contributed by atoms with Gasteiger partial charge in [-0.2, -0.15) is 0 Å². The van der Waals surface area contributed by atoms with Gasteiger partial charge >= 0.3 is 0 Å². The first-order chi connectivity index (χ1) is 10.1. The SMILES string of the molecule is CCNCC(Cc1cc(F)ccc1C)c1cccc(Cl)c1. The molecule has 0 aliphatic carbocycles. The van der Waals surface area contributed by atoms with Gasteiger partial charge in [-0.05, 0) is 60.8 Å². The van der Waals surface area contributed by atoms with Crippen LogP contribution in [0.15, 0.2) is 42.5 Å². The van der Waals surface area contributed by atoms with Crippen molar-refractivity contribution in [2.24, 2.45) is 0 Å². The number of aryl methyl sites for hydroxylation is 1. The predicted octanol–water partition coefficient (Wildman–Crippen LogP) is 4.72. The molecule has 3 heteroatoms. The first-order valence-corrected chi connectivity index (χ1v) is 7.69. The number of hydrogen-bond acceptors (Lipinski definition) is 1. The molecule has 0 bridgehead atoms. The van der Waals surface area contributed by atoms with Gasteiger partial charge in [-0.15, -0.1) is 0 Å². The van der Waals surface area contributed by atoms with Crippen LogP contribution in [0.1, 0.15) is 29.5 Å². The molecule has 1 atom stereocenters. The van der Waals surface area contributed by atoms with Crippen LogP contribution in [0, 0.1) is 12.7 Å². The summed E-state index contributed by atoms with van der Waals surface area (Å²) in [4.78, 5) is 0. The summed E-state index contributed by atoms with van der Waals surface area (Å²) in [6.07, 6.45) is 0.803. The van der Waals surface area contributed by atoms with E-state index in [1.807, 2.05) is 31.2 Å². The zero-order chi connectivity index (χ0) is 15.2. The Balaban J connectivity index is 2.25. The molecule has 0 aliphatic heterocycles. The summed E-state index contributed by atoms with van der Waals surface area (Å²) in [7, 11) is 0. The molecular formula is C18H21ClFN. The average molecular weight is 306 g/mol. The van der Waals surface area contributed by atoms with E-state index in [0.29, 0.717) is 0 Å². The number of nitrogens with one attached hydrogen (secondary N) is 1. The molecule has 21 heavy (non-hydrogen) atoms. The van der Waals surface area contributed by atoms with Gasteiger partial charge < -0.3 is 5.32 Å². The first-order valence-electron chi connectivity index (χ1n) is 7.31. The van der Waals surface area contributed by atoms with Crippen molar-refractivity contribution in [1.82, 2.24) is 5.32 Å². The van der Waals surface area contributed by atoms with Crippen molar-refractivity contribution in [1.29, 1.82) is 0 Å². The van der Waals surface area contributed by atoms with Gasteiger partial charge in [0.25, 0.3) is 0 Å². The second-order valence-electron chi connectivity index (χ2n) is 5.33. The lowest BCUT2D eigenvalue weighted by atomic mass is 9.90. The van der Waals surface area contributed by atoms with Crippen molar-refractivity contribution >= 4 is 11.6 Å². The Morgan fingerprint density at radius 1 is 1.19 bits per heavy atom. The maximum Gasteiger partial charge on any atom is 0.123 e. The fraction of sp³-hybridized carbons (Fsp3) is 0.333. The van der Waals surface area contributed by atoms with E-state index in [1.165, 1.54) is 11.6 Å². The number of benzene rings is 2. The van der Waals surface area contributed by atoms with Gasteiger partial charge in [0.05, 0.1) is 0 Å². The molecule has 0 saturated heterocycles. The van der Waals surface area contributed by atoms with E-state index in [1.54, 1.807) is 6.07 Å². The minimum atomic E-state index is -0.177. The summed E-state index contributed by atoms with van der Waals surface area (Å²) in [6.45, 7) is 5.88. The molecule has 0 fully saturated rings. The van der Waals surface area contributed by atoms with E-state index in [9.17, 15) is 4.39 Å². The number of halogens is 2. The summed E-state index contributed by atoms with van der Waals surface area (Å²) in [5.74, 6) is 0.105. The largest absolute Gasteiger partial charge is 0.316 e. The second-order valence-corrected chi connectivity index (χ2v) is 5.77. The smallest absolute Gasteiger partial charge is 0.123 e. The van der Waals surface area contributed by atoms with Gasteiger partial charge in [-0.1, -0.05) is 36.7 Å². The fourth-order valence-electron chi connectivity index (χ4n) is 2.51. The van der Waals surface area contributed by atoms with E-state index >= 15 is 0 Å². The monoisotopic (exact) mass is 305 g/mol. The van der Waals surface area contributed by atoms with Crippen LogP contribution in [0.25, 0.3) is 0 Å². The molecule has 0 radical (unpaired) electrons. The highest BCUT2D eigenvalue weighted by molar-refractivity contribution is 6.30. The Bertz CT molecular complexity index is 598. The maximum absolute atomic E-state index is 13.5. The summed E-state index contributed by atoms with van der Waals surface area (Å²) in [5, 5.41) is 4.12. The van der Waals surface area contributed by atoms with Gasteiger partial charge in [0.15, 0.2) is 0 Å². The van der Waals surface area contributed by atoms with Gasteiger partial charge in [0.2, 0.25) is 0 Å². The van der Waals surface area contributed by atoms with Crippen LogP contribution in [0.2, 0.25) is 5.02 Å². The molecule has 0 spiro atoms. The number of likely N-dealkylation sites (N-methyl/N-ethyl adjacent to an activating group) is 1. The lowest BCUT2D eigenvalue weighted by Crippen LogP contribution is -2.23.